The highest BCUT2D eigenvalue weighted by Crippen LogP contribution is 2.35. The lowest BCUT2D eigenvalue weighted by Crippen LogP contribution is -2.11. The first-order valence-corrected chi connectivity index (χ1v) is 5.86. The van der Waals surface area contributed by atoms with E-state index in [1.54, 1.807) is 6.92 Å². The van der Waals surface area contributed by atoms with Gasteiger partial charge in [0.05, 0.1) is 5.56 Å². The molecule has 0 fully saturated rings. The number of aromatic nitrogens is 2. The van der Waals surface area contributed by atoms with Gasteiger partial charge in [-0.25, -0.2) is 0 Å². The first-order valence-electron chi connectivity index (χ1n) is 5.86. The van der Waals surface area contributed by atoms with Crippen LogP contribution < -0.4 is 11.1 Å². The lowest BCUT2D eigenvalue weighted by Gasteiger charge is -2.12. The molecule has 0 saturated carbocycles. The van der Waals surface area contributed by atoms with Crippen LogP contribution in [0.25, 0.3) is 0 Å². The van der Waals surface area contributed by atoms with E-state index in [9.17, 15) is 13.2 Å². The molecular formula is C12H13F3N4O. The van der Waals surface area contributed by atoms with Crippen molar-refractivity contribution in [3.8, 4) is 0 Å². The van der Waals surface area contributed by atoms with Gasteiger partial charge in [-0.2, -0.15) is 18.2 Å². The second-order valence-corrected chi connectivity index (χ2v) is 4.21. The maximum absolute atomic E-state index is 12.7. The molecule has 0 radical (unpaired) electrons. The van der Waals surface area contributed by atoms with Crippen molar-refractivity contribution in [1.82, 2.24) is 10.1 Å². The van der Waals surface area contributed by atoms with E-state index in [4.69, 9.17) is 10.3 Å². The van der Waals surface area contributed by atoms with E-state index in [-0.39, 0.29) is 5.69 Å². The van der Waals surface area contributed by atoms with E-state index in [1.807, 2.05) is 0 Å². The van der Waals surface area contributed by atoms with Crippen LogP contribution in [-0.4, -0.2) is 16.7 Å². The van der Waals surface area contributed by atoms with Crippen LogP contribution in [0.2, 0.25) is 0 Å². The van der Waals surface area contributed by atoms with Crippen LogP contribution in [0, 0.1) is 6.92 Å². The molecule has 8 heteroatoms. The first kappa shape index (κ1) is 14.2. The minimum Gasteiger partial charge on any atom is -0.398 e. The zero-order chi connectivity index (χ0) is 14.8. The van der Waals surface area contributed by atoms with Gasteiger partial charge in [-0.05, 0) is 18.2 Å². The number of nitrogens with zero attached hydrogens (tertiary/aromatic N) is 2. The van der Waals surface area contributed by atoms with Crippen LogP contribution in [0.1, 0.15) is 17.3 Å². The number of halogens is 3. The van der Waals surface area contributed by atoms with E-state index in [2.05, 4.69) is 15.5 Å². The molecule has 108 valence electrons. The Morgan fingerprint density at radius 2 is 2.10 bits per heavy atom. The monoisotopic (exact) mass is 286 g/mol. The normalized spacial score (nSPS) is 11.6. The summed E-state index contributed by atoms with van der Waals surface area (Å²) in [6.45, 7) is 2.06. The molecule has 2 rings (SSSR count). The lowest BCUT2D eigenvalue weighted by molar-refractivity contribution is -0.136. The molecule has 0 aliphatic carbocycles. The summed E-state index contributed by atoms with van der Waals surface area (Å²) in [5.74, 6) is 0.952. The maximum atomic E-state index is 12.7. The topological polar surface area (TPSA) is 77.0 Å². The number of nitrogens with one attached hydrogen (secondary N) is 1. The van der Waals surface area contributed by atoms with Crippen molar-refractivity contribution in [3.05, 3.63) is 35.5 Å². The fourth-order valence-electron chi connectivity index (χ4n) is 1.67. The fourth-order valence-corrected chi connectivity index (χ4v) is 1.67. The van der Waals surface area contributed by atoms with Crippen molar-refractivity contribution in [1.29, 1.82) is 0 Å². The van der Waals surface area contributed by atoms with Gasteiger partial charge in [0.2, 0.25) is 5.89 Å². The van der Waals surface area contributed by atoms with Crippen molar-refractivity contribution in [2.45, 2.75) is 19.5 Å². The van der Waals surface area contributed by atoms with E-state index >= 15 is 0 Å². The lowest BCUT2D eigenvalue weighted by atomic mass is 10.1. The second-order valence-electron chi connectivity index (χ2n) is 4.21. The van der Waals surface area contributed by atoms with E-state index < -0.39 is 11.7 Å². The minimum absolute atomic E-state index is 0.295. The molecule has 1 aromatic heterocycles. The Kier molecular flexibility index (Phi) is 3.82. The highest BCUT2D eigenvalue weighted by atomic mass is 19.4. The molecule has 0 bridgehead atoms. The van der Waals surface area contributed by atoms with Crippen molar-refractivity contribution >= 4 is 11.4 Å². The van der Waals surface area contributed by atoms with Crippen molar-refractivity contribution in [2.75, 3.05) is 17.6 Å². The molecule has 0 aliphatic rings. The molecule has 3 N–H and O–H groups in total. The van der Waals surface area contributed by atoms with Crippen molar-refractivity contribution < 1.29 is 17.7 Å². The minimum atomic E-state index is -4.47. The number of nitrogens with two attached hydrogens (primary N) is 1. The summed E-state index contributed by atoms with van der Waals surface area (Å²) in [5.41, 5.74) is 4.51. The SMILES string of the molecule is Cc1nc(CCNc2ccc(N)c(C(F)(F)F)c2)no1. The molecular weight excluding hydrogens is 273 g/mol. The van der Waals surface area contributed by atoms with E-state index in [0.717, 1.165) is 6.07 Å². The molecule has 0 aliphatic heterocycles. The van der Waals surface area contributed by atoms with Gasteiger partial charge >= 0.3 is 6.18 Å². The molecule has 0 atom stereocenters. The Labute approximate surface area is 113 Å². The molecule has 1 heterocycles. The van der Waals surface area contributed by atoms with Crippen LogP contribution in [-0.2, 0) is 12.6 Å². The van der Waals surface area contributed by atoms with Crippen LogP contribution in [0.3, 0.4) is 0 Å². The number of anilines is 2. The summed E-state index contributed by atoms with van der Waals surface area (Å²) in [4.78, 5) is 4.00. The molecule has 1 aromatic carbocycles. The Morgan fingerprint density at radius 1 is 1.35 bits per heavy atom. The predicted octanol–water partition coefficient (Wildman–Crippen LogP) is 2.63. The van der Waals surface area contributed by atoms with Gasteiger partial charge in [0.15, 0.2) is 5.82 Å². The zero-order valence-electron chi connectivity index (χ0n) is 10.7. The number of alkyl halides is 3. The molecule has 0 spiro atoms. The maximum Gasteiger partial charge on any atom is 0.418 e. The van der Waals surface area contributed by atoms with Gasteiger partial charge < -0.3 is 15.6 Å². The third-order valence-electron chi connectivity index (χ3n) is 2.61. The number of nitrogen functional groups attached to an aromatic ring is 1. The summed E-state index contributed by atoms with van der Waals surface area (Å²) in [5, 5.41) is 6.56. The number of rotatable bonds is 4. The standard InChI is InChI=1S/C12H13F3N4O/c1-7-18-11(19-20-7)4-5-17-8-2-3-10(16)9(6-8)12(13,14)15/h2-3,6,17H,4-5,16H2,1H3. The zero-order valence-corrected chi connectivity index (χ0v) is 10.7. The van der Waals surface area contributed by atoms with Gasteiger partial charge in [0.25, 0.3) is 0 Å². The predicted molar refractivity (Wildman–Crippen MR) is 67.1 cm³/mol. The molecule has 0 unspecified atom stereocenters. The molecule has 20 heavy (non-hydrogen) atoms. The third-order valence-corrected chi connectivity index (χ3v) is 2.61. The van der Waals surface area contributed by atoms with E-state index in [0.29, 0.717) is 30.4 Å². The smallest absolute Gasteiger partial charge is 0.398 e. The average molecular weight is 286 g/mol. The fraction of sp³-hybridized carbons (Fsp3) is 0.333. The summed E-state index contributed by atoms with van der Waals surface area (Å²) < 4.78 is 42.8. The Bertz CT molecular complexity index is 595. The van der Waals surface area contributed by atoms with E-state index in [1.165, 1.54) is 12.1 Å². The van der Waals surface area contributed by atoms with Gasteiger partial charge in [0.1, 0.15) is 0 Å². The van der Waals surface area contributed by atoms with Crippen LogP contribution in [0.5, 0.6) is 0 Å². The van der Waals surface area contributed by atoms with Gasteiger partial charge in [-0.3, -0.25) is 0 Å². The summed E-state index contributed by atoms with van der Waals surface area (Å²) >= 11 is 0. The summed E-state index contributed by atoms with van der Waals surface area (Å²) in [6, 6.07) is 3.70. The van der Waals surface area contributed by atoms with Crippen LogP contribution in [0.4, 0.5) is 24.5 Å². The molecule has 0 saturated heterocycles. The first-order chi connectivity index (χ1) is 9.36. The number of hydrogen-bond acceptors (Lipinski definition) is 5. The summed E-state index contributed by atoms with van der Waals surface area (Å²) in [7, 11) is 0. The molecule has 2 aromatic rings. The van der Waals surface area contributed by atoms with Crippen LogP contribution in [0.15, 0.2) is 22.7 Å². The number of benzene rings is 1. The Hall–Kier alpha value is -2.25. The Balaban J connectivity index is 2.00. The number of aryl methyl sites for hydroxylation is 1. The highest BCUT2D eigenvalue weighted by Gasteiger charge is 2.33. The Morgan fingerprint density at radius 3 is 2.70 bits per heavy atom. The van der Waals surface area contributed by atoms with Crippen LogP contribution >= 0.6 is 0 Å². The highest BCUT2D eigenvalue weighted by molar-refractivity contribution is 5.58. The van der Waals surface area contributed by atoms with Gasteiger partial charge in [0, 0.05) is 31.3 Å². The van der Waals surface area contributed by atoms with Crippen molar-refractivity contribution in [2.24, 2.45) is 0 Å². The third kappa shape index (κ3) is 3.40. The summed E-state index contributed by atoms with van der Waals surface area (Å²) in [6.07, 6.45) is -4.02. The average Bonchev–Trinajstić information content (AvgIpc) is 2.76. The van der Waals surface area contributed by atoms with Gasteiger partial charge in [-0.15, -0.1) is 0 Å². The number of hydrogen-bond donors (Lipinski definition) is 2. The second kappa shape index (κ2) is 5.40. The van der Waals surface area contributed by atoms with Crippen molar-refractivity contribution in [3.63, 3.8) is 0 Å². The quantitative estimate of drug-likeness (QED) is 0.845. The van der Waals surface area contributed by atoms with Gasteiger partial charge in [-0.1, -0.05) is 5.16 Å². The largest absolute Gasteiger partial charge is 0.418 e. The molecule has 0 amide bonds. The molecule has 5 nitrogen and oxygen atoms in total.